The molecule has 2 atom stereocenters. The zero-order valence-electron chi connectivity index (χ0n) is 14.5. The molecule has 0 radical (unpaired) electrons. The van der Waals surface area contributed by atoms with E-state index in [-0.39, 0.29) is 0 Å². The van der Waals surface area contributed by atoms with Crippen LogP contribution in [0.25, 0.3) is 0 Å². The van der Waals surface area contributed by atoms with E-state index in [2.05, 4.69) is 29.4 Å². The van der Waals surface area contributed by atoms with Gasteiger partial charge in [0.2, 0.25) is 0 Å². The topological polar surface area (TPSA) is 46.6 Å². The summed E-state index contributed by atoms with van der Waals surface area (Å²) in [7, 11) is 1.66. The van der Waals surface area contributed by atoms with Crippen LogP contribution >= 0.6 is 11.3 Å². The lowest BCUT2D eigenvalue weighted by Crippen LogP contribution is -2.53. The van der Waals surface area contributed by atoms with Crippen molar-refractivity contribution in [3.8, 4) is 11.5 Å². The molecule has 130 valence electrons. The van der Waals surface area contributed by atoms with Gasteiger partial charge in [-0.1, -0.05) is 0 Å². The fourth-order valence-corrected chi connectivity index (χ4v) is 3.53. The van der Waals surface area contributed by atoms with Crippen LogP contribution in [0.15, 0.2) is 29.6 Å². The first kappa shape index (κ1) is 17.2. The van der Waals surface area contributed by atoms with Crippen molar-refractivity contribution in [2.24, 2.45) is 0 Å². The van der Waals surface area contributed by atoms with E-state index < -0.39 is 0 Å². The summed E-state index contributed by atoms with van der Waals surface area (Å²) in [4.78, 5) is 7.21. The predicted octanol–water partition coefficient (Wildman–Crippen LogP) is 2.91. The van der Waals surface area contributed by atoms with Crippen LogP contribution in [-0.4, -0.2) is 42.2 Å². The highest BCUT2D eigenvalue weighted by Gasteiger charge is 2.22. The molecule has 2 aromatic rings. The molecule has 1 fully saturated rings. The summed E-state index contributed by atoms with van der Waals surface area (Å²) in [6.45, 7) is 8.01. The number of benzene rings is 1. The van der Waals surface area contributed by atoms with Gasteiger partial charge in [0.1, 0.15) is 23.1 Å². The van der Waals surface area contributed by atoms with Gasteiger partial charge >= 0.3 is 0 Å². The van der Waals surface area contributed by atoms with Gasteiger partial charge < -0.3 is 14.8 Å². The van der Waals surface area contributed by atoms with Crippen molar-refractivity contribution in [2.45, 2.75) is 39.1 Å². The molecule has 0 saturated carbocycles. The van der Waals surface area contributed by atoms with E-state index in [1.165, 1.54) is 0 Å². The Kier molecular flexibility index (Phi) is 5.71. The monoisotopic (exact) mass is 347 g/mol. The zero-order valence-corrected chi connectivity index (χ0v) is 15.3. The molecule has 1 aliphatic heterocycles. The molecular formula is C18H25N3O2S. The van der Waals surface area contributed by atoms with Crippen molar-refractivity contribution < 1.29 is 9.47 Å². The van der Waals surface area contributed by atoms with Crippen LogP contribution in [-0.2, 0) is 13.2 Å². The summed E-state index contributed by atoms with van der Waals surface area (Å²) in [5, 5.41) is 6.67. The summed E-state index contributed by atoms with van der Waals surface area (Å²) in [5.41, 5.74) is 1.13. The molecule has 5 nitrogen and oxygen atoms in total. The third-order valence-electron chi connectivity index (χ3n) is 4.28. The molecule has 2 unspecified atom stereocenters. The van der Waals surface area contributed by atoms with Gasteiger partial charge in [-0.2, -0.15) is 0 Å². The number of aromatic nitrogens is 1. The van der Waals surface area contributed by atoms with E-state index in [4.69, 9.17) is 14.5 Å². The fourth-order valence-electron chi connectivity index (χ4n) is 2.83. The van der Waals surface area contributed by atoms with Crippen LogP contribution in [0.2, 0.25) is 0 Å². The Hall–Kier alpha value is -1.63. The third-order valence-corrected chi connectivity index (χ3v) is 5.15. The van der Waals surface area contributed by atoms with Crippen LogP contribution in [0.4, 0.5) is 0 Å². The quantitative estimate of drug-likeness (QED) is 0.871. The van der Waals surface area contributed by atoms with Crippen LogP contribution in [0.1, 0.15) is 24.5 Å². The number of hydrogen-bond donors (Lipinski definition) is 1. The minimum absolute atomic E-state index is 0.504. The molecule has 3 rings (SSSR count). The molecule has 2 heterocycles. The Morgan fingerprint density at radius 1 is 1.25 bits per heavy atom. The van der Waals surface area contributed by atoms with Gasteiger partial charge in [0.15, 0.2) is 0 Å². The van der Waals surface area contributed by atoms with E-state index in [1.54, 1.807) is 18.4 Å². The second-order valence-electron chi connectivity index (χ2n) is 6.28. The van der Waals surface area contributed by atoms with E-state index in [1.807, 2.05) is 24.3 Å². The Balaban J connectivity index is 1.53. The lowest BCUT2D eigenvalue weighted by Gasteiger charge is -2.37. The number of nitrogens with one attached hydrogen (secondary N) is 1. The van der Waals surface area contributed by atoms with Gasteiger partial charge in [0, 0.05) is 37.1 Å². The standard InChI is InChI=1S/C18H25N3O2S/c1-13-9-21(14(2)8-19-13)10-15-12-24-18(20-15)11-23-17-6-4-16(22-3)5-7-17/h4-7,12-14,19H,8-11H2,1-3H3. The number of methoxy groups -OCH3 is 1. The SMILES string of the molecule is COc1ccc(OCc2nc(CN3CC(C)NCC3C)cs2)cc1. The molecule has 1 N–H and O–H groups in total. The average molecular weight is 347 g/mol. The Bertz CT molecular complexity index is 644. The van der Waals surface area contributed by atoms with E-state index in [0.717, 1.165) is 41.8 Å². The number of thiazole rings is 1. The average Bonchev–Trinajstić information content (AvgIpc) is 3.04. The fraction of sp³-hybridized carbons (Fsp3) is 0.500. The second kappa shape index (κ2) is 7.96. The Labute approximate surface area is 147 Å². The van der Waals surface area contributed by atoms with Gasteiger partial charge in [0.25, 0.3) is 0 Å². The van der Waals surface area contributed by atoms with E-state index in [9.17, 15) is 0 Å². The summed E-state index contributed by atoms with van der Waals surface area (Å²) >= 11 is 1.66. The molecular weight excluding hydrogens is 322 g/mol. The van der Waals surface area contributed by atoms with Gasteiger partial charge in [0.05, 0.1) is 12.8 Å². The van der Waals surface area contributed by atoms with Gasteiger partial charge in [-0.15, -0.1) is 11.3 Å². The lowest BCUT2D eigenvalue weighted by molar-refractivity contribution is 0.137. The van der Waals surface area contributed by atoms with Crippen LogP contribution in [0.5, 0.6) is 11.5 Å². The maximum absolute atomic E-state index is 5.80. The molecule has 1 aliphatic rings. The minimum Gasteiger partial charge on any atom is -0.497 e. The van der Waals surface area contributed by atoms with Gasteiger partial charge in [-0.05, 0) is 38.1 Å². The summed E-state index contributed by atoms with van der Waals surface area (Å²) in [6, 6.07) is 8.71. The largest absolute Gasteiger partial charge is 0.497 e. The molecule has 6 heteroatoms. The number of nitrogens with zero attached hydrogens (tertiary/aromatic N) is 2. The molecule has 0 amide bonds. The van der Waals surface area contributed by atoms with Crippen molar-refractivity contribution in [1.29, 1.82) is 0 Å². The molecule has 0 aliphatic carbocycles. The molecule has 0 bridgehead atoms. The summed E-state index contributed by atoms with van der Waals surface area (Å²) in [6.07, 6.45) is 0. The predicted molar refractivity (Wildman–Crippen MR) is 96.8 cm³/mol. The molecule has 1 aromatic carbocycles. The zero-order chi connectivity index (χ0) is 16.9. The first-order chi connectivity index (χ1) is 11.6. The van der Waals surface area contributed by atoms with E-state index >= 15 is 0 Å². The van der Waals surface area contributed by atoms with Crippen molar-refractivity contribution >= 4 is 11.3 Å². The van der Waals surface area contributed by atoms with Crippen LogP contribution in [0.3, 0.4) is 0 Å². The maximum atomic E-state index is 5.80. The first-order valence-electron chi connectivity index (χ1n) is 8.31. The van der Waals surface area contributed by atoms with Crippen molar-refractivity contribution in [3.05, 3.63) is 40.3 Å². The molecule has 1 saturated heterocycles. The lowest BCUT2D eigenvalue weighted by atomic mass is 10.1. The van der Waals surface area contributed by atoms with Crippen LogP contribution in [0, 0.1) is 0 Å². The Morgan fingerprint density at radius 3 is 2.75 bits per heavy atom. The highest BCUT2D eigenvalue weighted by atomic mass is 32.1. The highest BCUT2D eigenvalue weighted by Crippen LogP contribution is 2.20. The molecule has 0 spiro atoms. The summed E-state index contributed by atoms with van der Waals surface area (Å²) < 4.78 is 11.0. The van der Waals surface area contributed by atoms with Crippen molar-refractivity contribution in [3.63, 3.8) is 0 Å². The van der Waals surface area contributed by atoms with Crippen molar-refractivity contribution in [2.75, 3.05) is 20.2 Å². The van der Waals surface area contributed by atoms with Gasteiger partial charge in [-0.3, -0.25) is 4.90 Å². The second-order valence-corrected chi connectivity index (χ2v) is 7.23. The summed E-state index contributed by atoms with van der Waals surface area (Å²) in [5.74, 6) is 1.66. The number of piperazine rings is 1. The highest BCUT2D eigenvalue weighted by molar-refractivity contribution is 7.09. The van der Waals surface area contributed by atoms with Gasteiger partial charge in [-0.25, -0.2) is 4.98 Å². The molecule has 24 heavy (non-hydrogen) atoms. The smallest absolute Gasteiger partial charge is 0.140 e. The number of rotatable bonds is 6. The molecule has 1 aromatic heterocycles. The minimum atomic E-state index is 0.504. The van der Waals surface area contributed by atoms with Crippen molar-refractivity contribution in [1.82, 2.24) is 15.2 Å². The van der Waals surface area contributed by atoms with E-state index in [0.29, 0.717) is 18.7 Å². The Morgan fingerprint density at radius 2 is 2.00 bits per heavy atom. The van der Waals surface area contributed by atoms with Crippen LogP contribution < -0.4 is 14.8 Å². The number of hydrogen-bond acceptors (Lipinski definition) is 6. The number of ether oxygens (including phenoxy) is 2. The first-order valence-corrected chi connectivity index (χ1v) is 9.19. The maximum Gasteiger partial charge on any atom is 0.140 e. The third kappa shape index (κ3) is 4.47. The normalized spacial score (nSPS) is 21.6.